The van der Waals surface area contributed by atoms with Gasteiger partial charge in [0.25, 0.3) is 0 Å². The molecule has 6 nitrogen and oxygen atoms in total. The van der Waals surface area contributed by atoms with Crippen molar-refractivity contribution in [2.75, 3.05) is 31.4 Å². The highest BCUT2D eigenvalue weighted by molar-refractivity contribution is 8.01. The average Bonchev–Trinajstić information content (AvgIpc) is 3.09. The fourth-order valence-electron chi connectivity index (χ4n) is 2.70. The molecule has 7 heteroatoms. The standard InChI is InChI=1S/C19H32N2O4S/c1-13(23-6)18(2,3)15-11-16(21-25-15)20-17(22)19(4,5)26-12-14-7-9-24-10-8-14/h11,13-14H,7-10,12H2,1-6H3,(H,20,21,22). The van der Waals surface area contributed by atoms with Gasteiger partial charge in [-0.2, -0.15) is 0 Å². The van der Waals surface area contributed by atoms with Gasteiger partial charge < -0.3 is 19.3 Å². The number of hydrogen-bond donors (Lipinski definition) is 1. The van der Waals surface area contributed by atoms with Crippen LogP contribution < -0.4 is 5.32 Å². The minimum atomic E-state index is -0.535. The Bertz CT molecular complexity index is 594. The molecule has 1 unspecified atom stereocenters. The molecule has 1 saturated heterocycles. The number of thioether (sulfide) groups is 1. The number of carbonyl (C=O) groups is 1. The van der Waals surface area contributed by atoms with Crippen LogP contribution in [0.1, 0.15) is 53.2 Å². The van der Waals surface area contributed by atoms with E-state index in [-0.39, 0.29) is 17.4 Å². The first-order chi connectivity index (χ1) is 12.2. The second-order valence-corrected chi connectivity index (χ2v) is 9.65. The quantitative estimate of drug-likeness (QED) is 0.733. The molecule has 0 radical (unpaired) electrons. The molecule has 0 aromatic carbocycles. The van der Waals surface area contributed by atoms with Gasteiger partial charge in [0, 0.05) is 26.4 Å². The van der Waals surface area contributed by atoms with Crippen LogP contribution in [-0.4, -0.2) is 48.0 Å². The zero-order valence-corrected chi connectivity index (χ0v) is 17.6. The molecule has 1 aromatic heterocycles. The third kappa shape index (κ3) is 5.24. The van der Waals surface area contributed by atoms with Crippen LogP contribution in [0.2, 0.25) is 0 Å². The predicted molar refractivity (Wildman–Crippen MR) is 105 cm³/mol. The van der Waals surface area contributed by atoms with Gasteiger partial charge in [-0.3, -0.25) is 4.79 Å². The number of nitrogens with zero attached hydrogens (tertiary/aromatic N) is 1. The molecule has 1 amide bonds. The Hall–Kier alpha value is -1.05. The lowest BCUT2D eigenvalue weighted by molar-refractivity contribution is -0.117. The van der Waals surface area contributed by atoms with Crippen molar-refractivity contribution in [2.45, 2.75) is 63.7 Å². The molecule has 2 rings (SSSR count). The van der Waals surface area contributed by atoms with Gasteiger partial charge in [-0.05, 0) is 45.3 Å². The highest BCUT2D eigenvalue weighted by atomic mass is 32.2. The van der Waals surface area contributed by atoms with Crippen molar-refractivity contribution in [3.8, 4) is 0 Å². The summed E-state index contributed by atoms with van der Waals surface area (Å²) in [6.07, 6.45) is 2.11. The molecule has 0 spiro atoms. The second kappa shape index (κ2) is 8.76. The average molecular weight is 385 g/mol. The van der Waals surface area contributed by atoms with Crippen LogP contribution in [0.5, 0.6) is 0 Å². The van der Waals surface area contributed by atoms with E-state index in [9.17, 15) is 4.79 Å². The molecule has 1 aliphatic heterocycles. The number of nitrogens with one attached hydrogen (secondary N) is 1. The van der Waals surface area contributed by atoms with Gasteiger partial charge in [-0.1, -0.05) is 19.0 Å². The third-order valence-corrected chi connectivity index (χ3v) is 6.87. The van der Waals surface area contributed by atoms with Gasteiger partial charge >= 0.3 is 0 Å². The molecule has 26 heavy (non-hydrogen) atoms. The summed E-state index contributed by atoms with van der Waals surface area (Å²) >= 11 is 1.69. The summed E-state index contributed by atoms with van der Waals surface area (Å²) in [4.78, 5) is 12.7. The van der Waals surface area contributed by atoms with E-state index in [1.54, 1.807) is 24.9 Å². The second-order valence-electron chi connectivity index (χ2n) is 8.01. The van der Waals surface area contributed by atoms with Gasteiger partial charge in [0.1, 0.15) is 5.76 Å². The summed E-state index contributed by atoms with van der Waals surface area (Å²) in [5, 5.41) is 6.90. The van der Waals surface area contributed by atoms with E-state index in [4.69, 9.17) is 14.0 Å². The molecule has 2 heterocycles. The Morgan fingerprint density at radius 2 is 2.04 bits per heavy atom. The first-order valence-electron chi connectivity index (χ1n) is 9.20. The Balaban J connectivity index is 1.93. The fraction of sp³-hybridized carbons (Fsp3) is 0.789. The zero-order valence-electron chi connectivity index (χ0n) is 16.8. The monoisotopic (exact) mass is 384 g/mol. The van der Waals surface area contributed by atoms with Gasteiger partial charge in [0.15, 0.2) is 5.82 Å². The molecular weight excluding hydrogens is 352 g/mol. The number of rotatable bonds is 8. The summed E-state index contributed by atoms with van der Waals surface area (Å²) < 4.78 is 15.7. The molecule has 1 fully saturated rings. The molecule has 0 aliphatic carbocycles. The normalized spacial score (nSPS) is 17.9. The number of methoxy groups -OCH3 is 1. The molecule has 0 saturated carbocycles. The van der Waals surface area contributed by atoms with Gasteiger partial charge in [-0.25, -0.2) is 0 Å². The summed E-state index contributed by atoms with van der Waals surface area (Å²) in [6, 6.07) is 1.78. The molecule has 148 valence electrons. The van der Waals surface area contributed by atoms with E-state index in [1.165, 1.54) is 0 Å². The summed E-state index contributed by atoms with van der Waals surface area (Å²) in [5.41, 5.74) is -0.335. The van der Waals surface area contributed by atoms with Crippen molar-refractivity contribution in [3.63, 3.8) is 0 Å². The SMILES string of the molecule is COC(C)C(C)(C)c1cc(NC(=O)C(C)(C)SCC2CCOCC2)no1. The zero-order chi connectivity index (χ0) is 19.4. The number of hydrogen-bond acceptors (Lipinski definition) is 6. The number of anilines is 1. The summed E-state index contributed by atoms with van der Waals surface area (Å²) in [5.74, 6) is 2.66. The molecule has 1 aliphatic rings. The molecule has 1 aromatic rings. The number of carbonyl (C=O) groups excluding carboxylic acids is 1. The number of ether oxygens (including phenoxy) is 2. The van der Waals surface area contributed by atoms with Crippen LogP contribution >= 0.6 is 11.8 Å². The largest absolute Gasteiger partial charge is 0.381 e. The predicted octanol–water partition coefficient (Wildman–Crippen LogP) is 3.86. The Labute approximate surface area is 160 Å². The first kappa shape index (κ1) is 21.3. The Morgan fingerprint density at radius 3 is 2.65 bits per heavy atom. The van der Waals surface area contributed by atoms with E-state index < -0.39 is 4.75 Å². The van der Waals surface area contributed by atoms with E-state index >= 15 is 0 Å². The van der Waals surface area contributed by atoms with Gasteiger partial charge in [0.2, 0.25) is 5.91 Å². The van der Waals surface area contributed by atoms with Gasteiger partial charge in [-0.15, -0.1) is 11.8 Å². The first-order valence-corrected chi connectivity index (χ1v) is 10.2. The smallest absolute Gasteiger partial charge is 0.241 e. The maximum absolute atomic E-state index is 12.7. The van der Waals surface area contributed by atoms with Crippen molar-refractivity contribution in [2.24, 2.45) is 5.92 Å². The molecule has 1 N–H and O–H groups in total. The molecule has 0 bridgehead atoms. The van der Waals surface area contributed by atoms with Crippen LogP contribution in [0, 0.1) is 5.92 Å². The lowest BCUT2D eigenvalue weighted by Crippen LogP contribution is -2.35. The highest BCUT2D eigenvalue weighted by Crippen LogP contribution is 2.33. The lowest BCUT2D eigenvalue weighted by Gasteiger charge is -2.27. The molecular formula is C19H32N2O4S. The topological polar surface area (TPSA) is 73.6 Å². The van der Waals surface area contributed by atoms with Crippen LogP contribution in [-0.2, 0) is 19.7 Å². The van der Waals surface area contributed by atoms with Crippen LogP contribution in [0.3, 0.4) is 0 Å². The third-order valence-electron chi connectivity index (χ3n) is 5.32. The van der Waals surface area contributed by atoms with Crippen LogP contribution in [0.15, 0.2) is 10.6 Å². The van der Waals surface area contributed by atoms with E-state index in [0.29, 0.717) is 17.5 Å². The van der Waals surface area contributed by atoms with E-state index in [2.05, 4.69) is 10.5 Å². The maximum Gasteiger partial charge on any atom is 0.241 e. The summed E-state index contributed by atoms with van der Waals surface area (Å²) in [6.45, 7) is 11.6. The van der Waals surface area contributed by atoms with Crippen molar-refractivity contribution in [1.29, 1.82) is 0 Å². The van der Waals surface area contributed by atoms with Crippen molar-refractivity contribution >= 4 is 23.5 Å². The van der Waals surface area contributed by atoms with Gasteiger partial charge in [0.05, 0.1) is 16.3 Å². The molecule has 1 atom stereocenters. The Morgan fingerprint density at radius 1 is 1.38 bits per heavy atom. The van der Waals surface area contributed by atoms with E-state index in [0.717, 1.165) is 31.8 Å². The van der Waals surface area contributed by atoms with Crippen molar-refractivity contribution in [1.82, 2.24) is 5.16 Å². The number of aromatic nitrogens is 1. The maximum atomic E-state index is 12.7. The number of amides is 1. The van der Waals surface area contributed by atoms with Crippen LogP contribution in [0.4, 0.5) is 5.82 Å². The minimum absolute atomic E-state index is 0.0366. The minimum Gasteiger partial charge on any atom is -0.381 e. The lowest BCUT2D eigenvalue weighted by atomic mass is 9.84. The van der Waals surface area contributed by atoms with Crippen molar-refractivity contribution < 1.29 is 18.8 Å². The highest BCUT2D eigenvalue weighted by Gasteiger charge is 2.34. The Kier molecular flexibility index (Phi) is 7.16. The van der Waals surface area contributed by atoms with E-state index in [1.807, 2.05) is 34.6 Å². The van der Waals surface area contributed by atoms with Crippen molar-refractivity contribution in [3.05, 3.63) is 11.8 Å². The fourth-order valence-corrected chi connectivity index (χ4v) is 3.87. The van der Waals surface area contributed by atoms with Crippen LogP contribution in [0.25, 0.3) is 0 Å². The summed E-state index contributed by atoms with van der Waals surface area (Å²) in [7, 11) is 1.67.